The third-order valence-corrected chi connectivity index (χ3v) is 4.36. The van der Waals surface area contributed by atoms with Gasteiger partial charge in [-0.25, -0.2) is 4.79 Å². The van der Waals surface area contributed by atoms with Crippen LogP contribution in [-0.2, 0) is 11.8 Å². The summed E-state index contributed by atoms with van der Waals surface area (Å²) in [6.07, 6.45) is 3.27. The average molecular weight is 366 g/mol. The molecule has 0 saturated carbocycles. The number of rotatable bonds is 4. The number of aromatic nitrogens is 3. The first-order chi connectivity index (χ1) is 13.0. The van der Waals surface area contributed by atoms with E-state index in [1.54, 1.807) is 49.4 Å². The van der Waals surface area contributed by atoms with Gasteiger partial charge < -0.3 is 20.3 Å². The van der Waals surface area contributed by atoms with Gasteiger partial charge in [0.1, 0.15) is 17.5 Å². The van der Waals surface area contributed by atoms with E-state index in [1.807, 2.05) is 12.1 Å². The first kappa shape index (κ1) is 16.8. The van der Waals surface area contributed by atoms with Crippen LogP contribution in [0.5, 0.6) is 11.5 Å². The van der Waals surface area contributed by atoms with Crippen LogP contribution in [0.4, 0.5) is 10.6 Å². The summed E-state index contributed by atoms with van der Waals surface area (Å²) in [6.45, 7) is 0.300. The smallest absolute Gasteiger partial charge is 0.317 e. The summed E-state index contributed by atoms with van der Waals surface area (Å²) in [5.74, 6) is 1.18. The van der Waals surface area contributed by atoms with Gasteiger partial charge in [0.2, 0.25) is 5.91 Å². The summed E-state index contributed by atoms with van der Waals surface area (Å²) in [5.41, 5.74) is 0.805. The maximum Gasteiger partial charge on any atom is 0.317 e. The Morgan fingerprint density at radius 2 is 2.15 bits per heavy atom. The normalized spacial score (nSPS) is 16.4. The van der Waals surface area contributed by atoms with Crippen molar-refractivity contribution < 1.29 is 14.3 Å². The summed E-state index contributed by atoms with van der Waals surface area (Å²) in [5, 5.41) is 10.5. The van der Waals surface area contributed by atoms with E-state index in [9.17, 15) is 9.59 Å². The molecule has 138 valence electrons. The van der Waals surface area contributed by atoms with Gasteiger partial charge in [-0.15, -0.1) is 0 Å². The Bertz CT molecular complexity index is 1020. The number of hydrogen-bond acceptors (Lipinski definition) is 5. The predicted octanol–water partition coefficient (Wildman–Crippen LogP) is 1.72. The number of benzene rings is 1. The summed E-state index contributed by atoms with van der Waals surface area (Å²) in [4.78, 5) is 29.7. The van der Waals surface area contributed by atoms with Crippen LogP contribution < -0.4 is 15.4 Å². The largest absolute Gasteiger partial charge is 0.455 e. The highest BCUT2D eigenvalue weighted by Crippen LogP contribution is 2.34. The van der Waals surface area contributed by atoms with Gasteiger partial charge in [0.15, 0.2) is 5.82 Å². The highest BCUT2D eigenvalue weighted by molar-refractivity contribution is 6.05. The van der Waals surface area contributed by atoms with E-state index in [2.05, 4.69) is 20.7 Å². The van der Waals surface area contributed by atoms with Crippen molar-refractivity contribution in [2.45, 2.75) is 6.04 Å². The molecule has 3 aromatic rings. The summed E-state index contributed by atoms with van der Waals surface area (Å²) in [7, 11) is 3.43. The molecule has 3 heterocycles. The molecule has 4 rings (SSSR count). The zero-order chi connectivity index (χ0) is 19.0. The number of hydrogen-bond donors (Lipinski definition) is 2. The fourth-order valence-corrected chi connectivity index (χ4v) is 3.00. The number of nitrogens with zero attached hydrogens (tertiary/aromatic N) is 4. The second-order valence-electron chi connectivity index (χ2n) is 6.29. The summed E-state index contributed by atoms with van der Waals surface area (Å²) in [6, 6.07) is 8.21. The molecular formula is C18H18N6O3. The van der Waals surface area contributed by atoms with Gasteiger partial charge in [-0.3, -0.25) is 14.5 Å². The molecule has 27 heavy (non-hydrogen) atoms. The van der Waals surface area contributed by atoms with Gasteiger partial charge >= 0.3 is 6.03 Å². The van der Waals surface area contributed by atoms with Crippen LogP contribution in [-0.4, -0.2) is 51.2 Å². The van der Waals surface area contributed by atoms with Crippen molar-refractivity contribution in [1.82, 2.24) is 25.0 Å². The number of fused-ring (bicyclic) bond motifs is 1. The van der Waals surface area contributed by atoms with Crippen LogP contribution in [0.3, 0.4) is 0 Å². The quantitative estimate of drug-likeness (QED) is 0.732. The van der Waals surface area contributed by atoms with Gasteiger partial charge in [0.05, 0.1) is 23.6 Å². The third kappa shape index (κ3) is 3.14. The van der Waals surface area contributed by atoms with Crippen molar-refractivity contribution in [3.63, 3.8) is 0 Å². The Balaban J connectivity index is 1.67. The number of urea groups is 1. The van der Waals surface area contributed by atoms with Gasteiger partial charge in [0, 0.05) is 20.3 Å². The molecule has 9 nitrogen and oxygen atoms in total. The number of carbonyl (C=O) groups is 2. The van der Waals surface area contributed by atoms with Gasteiger partial charge in [-0.2, -0.15) is 5.10 Å². The molecule has 3 amide bonds. The Kier molecular flexibility index (Phi) is 4.11. The minimum Gasteiger partial charge on any atom is -0.455 e. The highest BCUT2D eigenvalue weighted by Gasteiger charge is 2.32. The Morgan fingerprint density at radius 3 is 2.85 bits per heavy atom. The van der Waals surface area contributed by atoms with Crippen LogP contribution in [0.1, 0.15) is 0 Å². The molecule has 1 saturated heterocycles. The molecule has 1 fully saturated rings. The Labute approximate surface area is 154 Å². The van der Waals surface area contributed by atoms with Crippen molar-refractivity contribution in [1.29, 1.82) is 0 Å². The van der Waals surface area contributed by atoms with E-state index in [4.69, 9.17) is 4.74 Å². The zero-order valence-corrected chi connectivity index (χ0v) is 14.8. The lowest BCUT2D eigenvalue weighted by atomic mass is 10.2. The van der Waals surface area contributed by atoms with Crippen LogP contribution in [0, 0.1) is 0 Å². The topological polar surface area (TPSA) is 101 Å². The molecule has 1 atom stereocenters. The number of carbonyl (C=O) groups excluding carboxylic acids is 2. The molecule has 1 aliphatic rings. The summed E-state index contributed by atoms with van der Waals surface area (Å²) >= 11 is 0. The molecule has 0 aliphatic carbocycles. The standard InChI is InChI=1S/C18H18N6O3/c1-23-10-12(20-18(23)26)17(25)21-16-15-13(24(2)22-16)6-3-7-14(15)27-11-5-4-8-19-9-11/h3-9,12H,10H2,1-2H3,(H,20,26)(H,21,22,25). The Hall–Kier alpha value is -3.62. The number of anilines is 1. The monoisotopic (exact) mass is 366 g/mol. The zero-order valence-electron chi connectivity index (χ0n) is 14.8. The molecular weight excluding hydrogens is 348 g/mol. The lowest BCUT2D eigenvalue weighted by molar-refractivity contribution is -0.117. The first-order valence-electron chi connectivity index (χ1n) is 8.39. The van der Waals surface area contributed by atoms with Gasteiger partial charge in [0.25, 0.3) is 0 Å². The number of amides is 3. The van der Waals surface area contributed by atoms with E-state index >= 15 is 0 Å². The second kappa shape index (κ2) is 6.60. The first-order valence-corrected chi connectivity index (χ1v) is 8.39. The van der Waals surface area contributed by atoms with E-state index in [-0.39, 0.29) is 11.9 Å². The predicted molar refractivity (Wildman–Crippen MR) is 98.6 cm³/mol. The minimum atomic E-state index is -0.633. The van der Waals surface area contributed by atoms with Crippen molar-refractivity contribution >= 4 is 28.7 Å². The number of likely N-dealkylation sites (N-methyl/N-ethyl adjacent to an activating group) is 1. The molecule has 1 aromatic carbocycles. The van der Waals surface area contributed by atoms with Gasteiger partial charge in [-0.05, 0) is 24.3 Å². The maximum absolute atomic E-state index is 12.6. The molecule has 1 unspecified atom stereocenters. The van der Waals surface area contributed by atoms with Crippen molar-refractivity contribution in [3.05, 3.63) is 42.7 Å². The number of aryl methyl sites for hydroxylation is 1. The van der Waals surface area contributed by atoms with Crippen molar-refractivity contribution in [3.8, 4) is 11.5 Å². The SMILES string of the molecule is CN1CC(C(=O)Nc2nn(C)c3cccc(Oc4cccnc4)c23)NC1=O. The molecule has 0 bridgehead atoms. The van der Waals surface area contributed by atoms with Crippen LogP contribution in [0.2, 0.25) is 0 Å². The lowest BCUT2D eigenvalue weighted by Gasteiger charge is -2.10. The van der Waals surface area contributed by atoms with Crippen LogP contribution >= 0.6 is 0 Å². The maximum atomic E-state index is 12.6. The third-order valence-electron chi connectivity index (χ3n) is 4.36. The van der Waals surface area contributed by atoms with E-state index < -0.39 is 6.04 Å². The molecule has 0 spiro atoms. The van der Waals surface area contributed by atoms with E-state index in [0.717, 1.165) is 5.52 Å². The molecule has 0 radical (unpaired) electrons. The van der Waals surface area contributed by atoms with Crippen LogP contribution in [0.15, 0.2) is 42.7 Å². The van der Waals surface area contributed by atoms with Gasteiger partial charge in [-0.1, -0.05) is 6.07 Å². The fourth-order valence-electron chi connectivity index (χ4n) is 3.00. The number of pyridine rings is 1. The summed E-state index contributed by atoms with van der Waals surface area (Å²) < 4.78 is 7.61. The molecule has 1 aliphatic heterocycles. The fraction of sp³-hybridized carbons (Fsp3) is 0.222. The highest BCUT2D eigenvalue weighted by atomic mass is 16.5. The molecule has 2 N–H and O–H groups in total. The number of nitrogens with one attached hydrogen (secondary N) is 2. The minimum absolute atomic E-state index is 0.276. The molecule has 9 heteroatoms. The van der Waals surface area contributed by atoms with E-state index in [1.165, 1.54) is 4.90 Å². The Morgan fingerprint density at radius 1 is 1.30 bits per heavy atom. The number of ether oxygens (including phenoxy) is 1. The lowest BCUT2D eigenvalue weighted by Crippen LogP contribution is -2.38. The average Bonchev–Trinajstić information content (AvgIpc) is 3.16. The van der Waals surface area contributed by atoms with Crippen molar-refractivity contribution in [2.75, 3.05) is 18.9 Å². The second-order valence-corrected chi connectivity index (χ2v) is 6.29. The van der Waals surface area contributed by atoms with E-state index in [0.29, 0.717) is 29.2 Å². The molecule has 2 aromatic heterocycles. The van der Waals surface area contributed by atoms with Crippen molar-refractivity contribution in [2.24, 2.45) is 7.05 Å². The van der Waals surface area contributed by atoms with Crippen LogP contribution in [0.25, 0.3) is 10.9 Å².